The summed E-state index contributed by atoms with van der Waals surface area (Å²) in [5.74, 6) is 0.524. The number of nitrogens with two attached hydrogens (primary N) is 1. The Morgan fingerprint density at radius 1 is 1.61 bits per heavy atom. The fourth-order valence-electron chi connectivity index (χ4n) is 1.66. The van der Waals surface area contributed by atoms with Gasteiger partial charge in [-0.1, -0.05) is 13.3 Å². The Morgan fingerprint density at radius 3 is 3.06 bits per heavy atom. The highest BCUT2D eigenvalue weighted by atomic mass is 16.5. The van der Waals surface area contributed by atoms with Gasteiger partial charge in [0.2, 0.25) is 11.8 Å². The molecular formula is C13H21N3O2. The van der Waals surface area contributed by atoms with E-state index in [0.29, 0.717) is 18.8 Å². The number of hydrogen-bond donors (Lipinski definition) is 2. The predicted octanol–water partition coefficient (Wildman–Crippen LogP) is 1.22. The molecule has 0 aliphatic rings. The van der Waals surface area contributed by atoms with Crippen molar-refractivity contribution in [2.24, 2.45) is 5.73 Å². The molecule has 1 aromatic rings. The summed E-state index contributed by atoms with van der Waals surface area (Å²) in [6.07, 6.45) is 3.89. The maximum Gasteiger partial charge on any atom is 0.221 e. The number of ether oxygens (including phenoxy) is 1. The zero-order valence-electron chi connectivity index (χ0n) is 11.0. The van der Waals surface area contributed by atoms with Crippen LogP contribution in [0.4, 0.5) is 0 Å². The SMILES string of the molecule is CCCC(N)CC(=O)NCc1ccnc(OC)c1. The minimum atomic E-state index is -0.0537. The summed E-state index contributed by atoms with van der Waals surface area (Å²) in [4.78, 5) is 15.6. The quantitative estimate of drug-likeness (QED) is 0.764. The van der Waals surface area contributed by atoms with Crippen LogP contribution in [0.3, 0.4) is 0 Å². The van der Waals surface area contributed by atoms with E-state index in [2.05, 4.69) is 17.2 Å². The van der Waals surface area contributed by atoms with Crippen molar-refractivity contribution in [1.29, 1.82) is 0 Å². The van der Waals surface area contributed by atoms with Crippen LogP contribution in [0.15, 0.2) is 18.3 Å². The van der Waals surface area contributed by atoms with E-state index >= 15 is 0 Å². The van der Waals surface area contributed by atoms with E-state index < -0.39 is 0 Å². The maximum atomic E-state index is 11.6. The molecular weight excluding hydrogens is 230 g/mol. The highest BCUT2D eigenvalue weighted by molar-refractivity contribution is 5.76. The minimum absolute atomic E-state index is 0.0215. The van der Waals surface area contributed by atoms with Crippen molar-refractivity contribution in [3.05, 3.63) is 23.9 Å². The van der Waals surface area contributed by atoms with E-state index in [1.165, 1.54) is 0 Å². The number of pyridine rings is 1. The average molecular weight is 251 g/mol. The summed E-state index contributed by atoms with van der Waals surface area (Å²) in [5, 5.41) is 2.84. The highest BCUT2D eigenvalue weighted by Crippen LogP contribution is 2.08. The first kappa shape index (κ1) is 14.4. The molecule has 1 amide bonds. The fraction of sp³-hybridized carbons (Fsp3) is 0.538. The molecule has 5 nitrogen and oxygen atoms in total. The molecule has 1 unspecified atom stereocenters. The number of nitrogens with one attached hydrogen (secondary N) is 1. The van der Waals surface area contributed by atoms with Crippen molar-refractivity contribution in [3.63, 3.8) is 0 Å². The number of methoxy groups -OCH3 is 1. The predicted molar refractivity (Wildman–Crippen MR) is 70.1 cm³/mol. The third kappa shape index (κ3) is 5.14. The lowest BCUT2D eigenvalue weighted by Crippen LogP contribution is -2.31. The van der Waals surface area contributed by atoms with Crippen LogP contribution in [0.1, 0.15) is 31.7 Å². The summed E-state index contributed by atoms with van der Waals surface area (Å²) >= 11 is 0. The topological polar surface area (TPSA) is 77.2 Å². The molecule has 1 aromatic heterocycles. The fourth-order valence-corrected chi connectivity index (χ4v) is 1.66. The minimum Gasteiger partial charge on any atom is -0.481 e. The third-order valence-corrected chi connectivity index (χ3v) is 2.61. The molecule has 0 aliphatic heterocycles. The van der Waals surface area contributed by atoms with E-state index in [4.69, 9.17) is 10.5 Å². The summed E-state index contributed by atoms with van der Waals surface area (Å²) in [5.41, 5.74) is 6.77. The first-order valence-electron chi connectivity index (χ1n) is 6.17. The number of hydrogen-bond acceptors (Lipinski definition) is 4. The molecule has 1 atom stereocenters. The van der Waals surface area contributed by atoms with Crippen molar-refractivity contribution >= 4 is 5.91 Å². The van der Waals surface area contributed by atoms with Gasteiger partial charge in [-0.05, 0) is 18.1 Å². The first-order valence-corrected chi connectivity index (χ1v) is 6.17. The Bertz CT molecular complexity index is 382. The monoisotopic (exact) mass is 251 g/mol. The second-order valence-corrected chi connectivity index (χ2v) is 4.24. The van der Waals surface area contributed by atoms with Gasteiger partial charge in [0.05, 0.1) is 7.11 Å². The van der Waals surface area contributed by atoms with E-state index in [1.54, 1.807) is 19.4 Å². The lowest BCUT2D eigenvalue weighted by atomic mass is 10.1. The van der Waals surface area contributed by atoms with Crippen molar-refractivity contribution < 1.29 is 9.53 Å². The van der Waals surface area contributed by atoms with E-state index in [9.17, 15) is 4.79 Å². The van der Waals surface area contributed by atoms with Crippen LogP contribution in [0.25, 0.3) is 0 Å². The van der Waals surface area contributed by atoms with E-state index in [0.717, 1.165) is 18.4 Å². The summed E-state index contributed by atoms with van der Waals surface area (Å²) < 4.78 is 5.01. The molecule has 0 fully saturated rings. The number of aromatic nitrogens is 1. The Kier molecular flexibility index (Phi) is 6.14. The number of nitrogens with zero attached hydrogens (tertiary/aromatic N) is 1. The van der Waals surface area contributed by atoms with Gasteiger partial charge in [0, 0.05) is 31.3 Å². The highest BCUT2D eigenvalue weighted by Gasteiger charge is 2.08. The lowest BCUT2D eigenvalue weighted by Gasteiger charge is -2.10. The third-order valence-electron chi connectivity index (χ3n) is 2.61. The number of amides is 1. The second-order valence-electron chi connectivity index (χ2n) is 4.24. The van der Waals surface area contributed by atoms with Gasteiger partial charge in [0.15, 0.2) is 0 Å². The summed E-state index contributed by atoms with van der Waals surface area (Å²) in [6, 6.07) is 3.59. The van der Waals surface area contributed by atoms with Crippen LogP contribution in [-0.2, 0) is 11.3 Å². The van der Waals surface area contributed by atoms with E-state index in [1.807, 2.05) is 6.07 Å². The molecule has 0 radical (unpaired) electrons. The van der Waals surface area contributed by atoms with Gasteiger partial charge < -0.3 is 15.8 Å². The second kappa shape index (κ2) is 7.66. The molecule has 0 aliphatic carbocycles. The van der Waals surface area contributed by atoms with E-state index in [-0.39, 0.29) is 11.9 Å². The van der Waals surface area contributed by atoms with Crippen molar-refractivity contribution in [1.82, 2.24) is 10.3 Å². The normalized spacial score (nSPS) is 11.9. The molecule has 1 rings (SSSR count). The largest absolute Gasteiger partial charge is 0.481 e. The molecule has 1 heterocycles. The molecule has 0 aromatic carbocycles. The molecule has 0 spiro atoms. The zero-order chi connectivity index (χ0) is 13.4. The maximum absolute atomic E-state index is 11.6. The van der Waals surface area contributed by atoms with Crippen molar-refractivity contribution in [2.75, 3.05) is 7.11 Å². The van der Waals surface area contributed by atoms with Gasteiger partial charge in [-0.3, -0.25) is 4.79 Å². The molecule has 18 heavy (non-hydrogen) atoms. The average Bonchev–Trinajstić information content (AvgIpc) is 2.37. The van der Waals surface area contributed by atoms with Gasteiger partial charge in [-0.15, -0.1) is 0 Å². The number of carbonyl (C=O) groups excluding carboxylic acids is 1. The Morgan fingerprint density at radius 2 is 2.39 bits per heavy atom. The molecule has 5 heteroatoms. The van der Waals surface area contributed by atoms with Crippen LogP contribution in [0, 0.1) is 0 Å². The van der Waals surface area contributed by atoms with Crippen molar-refractivity contribution in [2.45, 2.75) is 38.8 Å². The van der Waals surface area contributed by atoms with Gasteiger partial charge in [-0.2, -0.15) is 0 Å². The Balaban J connectivity index is 2.37. The standard InChI is InChI=1S/C13H21N3O2/c1-3-4-11(14)8-12(17)16-9-10-5-6-15-13(7-10)18-2/h5-7,11H,3-4,8-9,14H2,1-2H3,(H,16,17). The summed E-state index contributed by atoms with van der Waals surface area (Å²) in [6.45, 7) is 2.53. The van der Waals surface area contributed by atoms with Crippen LogP contribution >= 0.6 is 0 Å². The number of carbonyl (C=O) groups is 1. The van der Waals surface area contributed by atoms with Crippen LogP contribution in [-0.4, -0.2) is 24.0 Å². The van der Waals surface area contributed by atoms with Gasteiger partial charge in [0.1, 0.15) is 0 Å². The van der Waals surface area contributed by atoms with Crippen LogP contribution < -0.4 is 15.8 Å². The summed E-state index contributed by atoms with van der Waals surface area (Å²) in [7, 11) is 1.56. The zero-order valence-corrected chi connectivity index (χ0v) is 11.0. The molecule has 0 bridgehead atoms. The van der Waals surface area contributed by atoms with Gasteiger partial charge in [-0.25, -0.2) is 4.98 Å². The van der Waals surface area contributed by atoms with Crippen LogP contribution in [0.5, 0.6) is 5.88 Å². The van der Waals surface area contributed by atoms with Gasteiger partial charge >= 0.3 is 0 Å². The number of rotatable bonds is 7. The smallest absolute Gasteiger partial charge is 0.221 e. The molecule has 0 saturated heterocycles. The first-order chi connectivity index (χ1) is 8.65. The lowest BCUT2D eigenvalue weighted by molar-refractivity contribution is -0.121. The van der Waals surface area contributed by atoms with Crippen LogP contribution in [0.2, 0.25) is 0 Å². The molecule has 3 N–H and O–H groups in total. The van der Waals surface area contributed by atoms with Gasteiger partial charge in [0.25, 0.3) is 0 Å². The Hall–Kier alpha value is -1.62. The van der Waals surface area contributed by atoms with Crippen molar-refractivity contribution in [3.8, 4) is 5.88 Å². The molecule has 0 saturated carbocycles. The Labute approximate surface area is 108 Å². The molecule has 100 valence electrons.